The number of aromatic nitrogens is 4. The molecule has 0 unspecified atom stereocenters. The normalized spacial score (nSPS) is 11.7. The van der Waals surface area contributed by atoms with E-state index in [-0.39, 0.29) is 0 Å². The molecule has 176 valence electrons. The van der Waals surface area contributed by atoms with Crippen LogP contribution in [0.3, 0.4) is 0 Å². The lowest BCUT2D eigenvalue weighted by Gasteiger charge is -2.17. The van der Waals surface area contributed by atoms with Crippen molar-refractivity contribution in [3.8, 4) is 22.3 Å². The Kier molecular flexibility index (Phi) is 4.49. The van der Waals surface area contributed by atoms with Crippen molar-refractivity contribution in [1.29, 1.82) is 0 Å². The van der Waals surface area contributed by atoms with Gasteiger partial charge in [0.15, 0.2) is 0 Å². The summed E-state index contributed by atoms with van der Waals surface area (Å²) in [6.45, 7) is 0. The summed E-state index contributed by atoms with van der Waals surface area (Å²) in [4.78, 5) is 17.0. The van der Waals surface area contributed by atoms with Crippen LogP contribution in [0.15, 0.2) is 122 Å². The Bertz CT molecular complexity index is 2010. The first-order valence-corrected chi connectivity index (χ1v) is 12.6. The molecule has 0 fully saturated rings. The highest BCUT2D eigenvalue weighted by Crippen LogP contribution is 2.45. The van der Waals surface area contributed by atoms with E-state index in [9.17, 15) is 0 Å². The minimum Gasteiger partial charge on any atom is -0.244 e. The Morgan fingerprint density at radius 2 is 0.684 bits per heavy atom. The molecule has 6 aromatic carbocycles. The largest absolute Gasteiger partial charge is 0.244 e. The van der Waals surface area contributed by atoms with E-state index in [1.165, 1.54) is 53.9 Å². The molecule has 4 nitrogen and oxygen atoms in total. The van der Waals surface area contributed by atoms with E-state index in [2.05, 4.69) is 105 Å². The van der Waals surface area contributed by atoms with Gasteiger partial charge in [0, 0.05) is 35.9 Å². The molecule has 38 heavy (non-hydrogen) atoms. The average molecular weight is 485 g/mol. The summed E-state index contributed by atoms with van der Waals surface area (Å²) in [6, 6.07) is 31.0. The van der Waals surface area contributed by atoms with Crippen LogP contribution in [0, 0.1) is 0 Å². The molecule has 0 saturated carbocycles. The standard InChI is InChI=1S/C34H20N4/c1-3-7-29-25(5-1)26-6-2-4-8-30(26)34-32-14-22(24-17-37-20-38-18-24)10-12-28(32)27-11-9-21(13-31(27)33(29)34)23-15-35-19-36-16-23/h1-20H. The number of nitrogens with zero attached hydrogens (tertiary/aromatic N) is 4. The Balaban J connectivity index is 1.64. The Hall–Kier alpha value is -5.22. The van der Waals surface area contributed by atoms with Crippen molar-refractivity contribution in [2.45, 2.75) is 0 Å². The fourth-order valence-corrected chi connectivity index (χ4v) is 5.93. The second-order valence-corrected chi connectivity index (χ2v) is 9.62. The average Bonchev–Trinajstić information content (AvgIpc) is 3.01. The summed E-state index contributed by atoms with van der Waals surface area (Å²) in [5.41, 5.74) is 4.22. The maximum Gasteiger partial charge on any atom is 0.115 e. The van der Waals surface area contributed by atoms with E-state index in [1.54, 1.807) is 12.7 Å². The molecule has 8 aromatic rings. The summed E-state index contributed by atoms with van der Waals surface area (Å²) in [5, 5.41) is 12.5. The molecule has 0 radical (unpaired) electrons. The zero-order valence-corrected chi connectivity index (χ0v) is 20.3. The Morgan fingerprint density at radius 1 is 0.316 bits per heavy atom. The molecule has 0 aliphatic rings. The van der Waals surface area contributed by atoms with Crippen molar-refractivity contribution in [1.82, 2.24) is 19.9 Å². The van der Waals surface area contributed by atoms with Crippen molar-refractivity contribution >= 4 is 53.9 Å². The van der Waals surface area contributed by atoms with Crippen LogP contribution in [0.2, 0.25) is 0 Å². The molecule has 8 rings (SSSR count). The number of fused-ring (bicyclic) bond motifs is 11. The third kappa shape index (κ3) is 3.04. The molecular weight excluding hydrogens is 464 g/mol. The fraction of sp³-hybridized carbons (Fsp3) is 0. The molecule has 4 heteroatoms. The van der Waals surface area contributed by atoms with Gasteiger partial charge in [-0.2, -0.15) is 0 Å². The second kappa shape index (κ2) is 8.15. The molecule has 0 aliphatic carbocycles. The smallest absolute Gasteiger partial charge is 0.115 e. The van der Waals surface area contributed by atoms with Crippen molar-refractivity contribution in [3.05, 3.63) is 122 Å². The first-order chi connectivity index (χ1) is 18.9. The highest BCUT2D eigenvalue weighted by Gasteiger charge is 2.17. The van der Waals surface area contributed by atoms with Gasteiger partial charge in [-0.3, -0.25) is 0 Å². The molecule has 0 N–H and O–H groups in total. The summed E-state index contributed by atoms with van der Waals surface area (Å²) in [5.74, 6) is 0. The third-order valence-corrected chi connectivity index (χ3v) is 7.59. The predicted molar refractivity (Wildman–Crippen MR) is 156 cm³/mol. The van der Waals surface area contributed by atoms with Gasteiger partial charge in [-0.1, -0.05) is 72.8 Å². The topological polar surface area (TPSA) is 51.6 Å². The molecule has 2 aromatic heterocycles. The van der Waals surface area contributed by atoms with Gasteiger partial charge in [-0.15, -0.1) is 0 Å². The fourth-order valence-electron chi connectivity index (χ4n) is 5.93. The van der Waals surface area contributed by atoms with E-state index < -0.39 is 0 Å². The SMILES string of the molecule is c1ccc2c(c1)c1ccccc1c1c3cc(-c4cncnc4)ccc3c3ccc(-c4cncnc4)cc3c21. The van der Waals surface area contributed by atoms with Gasteiger partial charge < -0.3 is 0 Å². The maximum atomic E-state index is 4.26. The monoisotopic (exact) mass is 484 g/mol. The van der Waals surface area contributed by atoms with Crippen LogP contribution in [0.4, 0.5) is 0 Å². The van der Waals surface area contributed by atoms with Crippen LogP contribution in [-0.4, -0.2) is 19.9 Å². The van der Waals surface area contributed by atoms with Gasteiger partial charge in [0.05, 0.1) is 0 Å². The van der Waals surface area contributed by atoms with Crippen LogP contribution < -0.4 is 0 Å². The second-order valence-electron chi connectivity index (χ2n) is 9.62. The first-order valence-electron chi connectivity index (χ1n) is 12.6. The zero-order chi connectivity index (χ0) is 25.1. The van der Waals surface area contributed by atoms with Gasteiger partial charge in [-0.25, -0.2) is 19.9 Å². The molecule has 2 heterocycles. The first kappa shape index (κ1) is 20.9. The lowest BCUT2D eigenvalue weighted by Crippen LogP contribution is -1.90. The molecular formula is C34H20N4. The highest BCUT2D eigenvalue weighted by molar-refractivity contribution is 6.39. The van der Waals surface area contributed by atoms with Crippen LogP contribution in [0.1, 0.15) is 0 Å². The van der Waals surface area contributed by atoms with E-state index in [0.29, 0.717) is 0 Å². The van der Waals surface area contributed by atoms with Gasteiger partial charge in [0.2, 0.25) is 0 Å². The van der Waals surface area contributed by atoms with E-state index >= 15 is 0 Å². The van der Waals surface area contributed by atoms with Crippen LogP contribution in [0.25, 0.3) is 76.1 Å². The van der Waals surface area contributed by atoms with Crippen molar-refractivity contribution < 1.29 is 0 Å². The quantitative estimate of drug-likeness (QED) is 0.231. The predicted octanol–water partition coefficient (Wildman–Crippen LogP) is 8.37. The van der Waals surface area contributed by atoms with Crippen molar-refractivity contribution in [2.24, 2.45) is 0 Å². The van der Waals surface area contributed by atoms with Crippen LogP contribution in [-0.2, 0) is 0 Å². The summed E-state index contributed by atoms with van der Waals surface area (Å²) in [7, 11) is 0. The van der Waals surface area contributed by atoms with E-state index in [4.69, 9.17) is 0 Å². The Labute approximate surface area is 218 Å². The van der Waals surface area contributed by atoms with Gasteiger partial charge in [0.1, 0.15) is 12.7 Å². The summed E-state index contributed by atoms with van der Waals surface area (Å²) >= 11 is 0. The van der Waals surface area contributed by atoms with Crippen LogP contribution in [0.5, 0.6) is 0 Å². The number of hydrogen-bond acceptors (Lipinski definition) is 4. The lowest BCUT2D eigenvalue weighted by atomic mass is 9.85. The minimum absolute atomic E-state index is 1.01. The lowest BCUT2D eigenvalue weighted by molar-refractivity contribution is 1.17. The number of rotatable bonds is 2. The molecule has 0 atom stereocenters. The maximum absolute atomic E-state index is 4.26. The zero-order valence-electron chi connectivity index (χ0n) is 20.3. The molecule has 0 bridgehead atoms. The van der Waals surface area contributed by atoms with Crippen LogP contribution >= 0.6 is 0 Å². The van der Waals surface area contributed by atoms with Gasteiger partial charge >= 0.3 is 0 Å². The van der Waals surface area contributed by atoms with E-state index in [1.807, 2.05) is 24.8 Å². The minimum atomic E-state index is 1.01. The number of benzene rings is 6. The number of hydrogen-bond donors (Lipinski definition) is 0. The van der Waals surface area contributed by atoms with Gasteiger partial charge in [0.25, 0.3) is 0 Å². The third-order valence-electron chi connectivity index (χ3n) is 7.59. The van der Waals surface area contributed by atoms with E-state index in [0.717, 1.165) is 22.3 Å². The molecule has 0 aliphatic heterocycles. The van der Waals surface area contributed by atoms with Crippen molar-refractivity contribution in [2.75, 3.05) is 0 Å². The molecule has 0 amide bonds. The summed E-state index contributed by atoms with van der Waals surface area (Å²) < 4.78 is 0. The van der Waals surface area contributed by atoms with Gasteiger partial charge in [-0.05, 0) is 77.1 Å². The Morgan fingerprint density at radius 3 is 1.11 bits per heavy atom. The highest BCUT2D eigenvalue weighted by atomic mass is 14.8. The van der Waals surface area contributed by atoms with Crippen molar-refractivity contribution in [3.63, 3.8) is 0 Å². The molecule has 0 saturated heterocycles. The summed E-state index contributed by atoms with van der Waals surface area (Å²) in [6.07, 6.45) is 10.6. The molecule has 0 spiro atoms.